The van der Waals surface area contributed by atoms with Crippen molar-refractivity contribution in [3.8, 4) is 0 Å². The second-order valence-corrected chi connectivity index (χ2v) is 4.10. The Balaban J connectivity index is 2.04. The van der Waals surface area contributed by atoms with Crippen LogP contribution in [0.1, 0.15) is 19.8 Å². The average Bonchev–Trinajstić information content (AvgIpc) is 2.65. The molecule has 2 aliphatic rings. The molecule has 2 nitrogen and oxygen atoms in total. The van der Waals surface area contributed by atoms with Crippen LogP contribution in [0.15, 0.2) is 29.0 Å². The molecule has 13 heavy (non-hydrogen) atoms. The van der Waals surface area contributed by atoms with Gasteiger partial charge in [0.25, 0.3) is 0 Å². The van der Waals surface area contributed by atoms with Crippen LogP contribution in [0, 0.1) is 17.8 Å². The first-order valence-corrected chi connectivity index (χ1v) is 4.84. The van der Waals surface area contributed by atoms with Crippen LogP contribution in [0.4, 0.5) is 0 Å². The summed E-state index contributed by atoms with van der Waals surface area (Å²) in [5.41, 5.74) is 1.06. The molecule has 1 fully saturated rings. The molecule has 2 rings (SSSR count). The minimum absolute atomic E-state index is 0.674. The van der Waals surface area contributed by atoms with Crippen molar-refractivity contribution in [3.63, 3.8) is 0 Å². The lowest BCUT2D eigenvalue weighted by Crippen LogP contribution is -2.04. The molecule has 2 bridgehead atoms. The molecule has 0 radical (unpaired) electrons. The highest BCUT2D eigenvalue weighted by atomic mass is 16.4. The van der Waals surface area contributed by atoms with Gasteiger partial charge in [0.2, 0.25) is 0 Å². The number of oxime groups is 1. The lowest BCUT2D eigenvalue weighted by molar-refractivity contribution is 0.321. The van der Waals surface area contributed by atoms with E-state index >= 15 is 0 Å². The van der Waals surface area contributed by atoms with Gasteiger partial charge in [-0.2, -0.15) is 0 Å². The zero-order chi connectivity index (χ0) is 9.26. The molecule has 2 aliphatic carbocycles. The van der Waals surface area contributed by atoms with Crippen molar-refractivity contribution in [2.24, 2.45) is 22.9 Å². The lowest BCUT2D eigenvalue weighted by atomic mass is 9.92. The van der Waals surface area contributed by atoms with E-state index in [0.29, 0.717) is 5.92 Å². The van der Waals surface area contributed by atoms with E-state index in [1.807, 2.05) is 6.92 Å². The van der Waals surface area contributed by atoms with Crippen molar-refractivity contribution < 1.29 is 5.21 Å². The van der Waals surface area contributed by atoms with Gasteiger partial charge in [0.1, 0.15) is 0 Å². The van der Waals surface area contributed by atoms with Gasteiger partial charge in [-0.1, -0.05) is 23.4 Å². The standard InChI is InChI=1S/C11H15NO/c1-8(7-12-13)4-11-6-9-2-3-10(11)5-9/h2-4,7,9-11,13H,5-6H2,1H3. The maximum atomic E-state index is 8.36. The molecule has 1 N–H and O–H groups in total. The van der Waals surface area contributed by atoms with E-state index in [4.69, 9.17) is 5.21 Å². The van der Waals surface area contributed by atoms with Gasteiger partial charge >= 0.3 is 0 Å². The van der Waals surface area contributed by atoms with Crippen LogP contribution < -0.4 is 0 Å². The molecule has 0 aromatic heterocycles. The van der Waals surface area contributed by atoms with Gasteiger partial charge in [-0.3, -0.25) is 0 Å². The highest BCUT2D eigenvalue weighted by Gasteiger charge is 2.33. The smallest absolute Gasteiger partial charge is 0.0687 e. The Kier molecular flexibility index (Phi) is 2.21. The normalized spacial score (nSPS) is 37.9. The van der Waals surface area contributed by atoms with Crippen molar-refractivity contribution in [2.75, 3.05) is 0 Å². The lowest BCUT2D eigenvalue weighted by Gasteiger charge is -2.13. The SMILES string of the molecule is CC(C=NO)=CC1CC2C=CC1C2. The topological polar surface area (TPSA) is 32.6 Å². The Hall–Kier alpha value is -1.05. The third-order valence-corrected chi connectivity index (χ3v) is 3.07. The van der Waals surface area contributed by atoms with Crippen LogP contribution in [0.3, 0.4) is 0 Å². The summed E-state index contributed by atoms with van der Waals surface area (Å²) in [4.78, 5) is 0. The first kappa shape index (κ1) is 8.54. The highest BCUT2D eigenvalue weighted by molar-refractivity contribution is 5.77. The van der Waals surface area contributed by atoms with Gasteiger partial charge in [0.15, 0.2) is 0 Å². The number of hydrogen-bond acceptors (Lipinski definition) is 2. The minimum atomic E-state index is 0.674. The first-order valence-electron chi connectivity index (χ1n) is 4.84. The number of nitrogens with zero attached hydrogens (tertiary/aromatic N) is 1. The fraction of sp³-hybridized carbons (Fsp3) is 0.545. The van der Waals surface area contributed by atoms with Gasteiger partial charge in [-0.05, 0) is 43.1 Å². The Morgan fingerprint density at radius 3 is 2.85 bits per heavy atom. The zero-order valence-electron chi connectivity index (χ0n) is 7.85. The maximum absolute atomic E-state index is 8.36. The quantitative estimate of drug-likeness (QED) is 0.299. The molecule has 70 valence electrons. The molecule has 0 aromatic rings. The summed E-state index contributed by atoms with van der Waals surface area (Å²) < 4.78 is 0. The monoisotopic (exact) mass is 177 g/mol. The highest BCUT2D eigenvalue weighted by Crippen LogP contribution is 2.44. The van der Waals surface area contributed by atoms with Crippen LogP contribution in [0.5, 0.6) is 0 Å². The fourth-order valence-electron chi connectivity index (χ4n) is 2.49. The van der Waals surface area contributed by atoms with Gasteiger partial charge in [-0.15, -0.1) is 0 Å². The van der Waals surface area contributed by atoms with Crippen LogP contribution >= 0.6 is 0 Å². The first-order chi connectivity index (χ1) is 6.29. The summed E-state index contributed by atoms with van der Waals surface area (Å²) in [6.07, 6.45) is 11.0. The summed E-state index contributed by atoms with van der Waals surface area (Å²) in [5.74, 6) is 2.23. The van der Waals surface area contributed by atoms with Crippen LogP contribution in [-0.2, 0) is 0 Å². The molecule has 0 spiro atoms. The van der Waals surface area contributed by atoms with E-state index in [0.717, 1.165) is 17.4 Å². The van der Waals surface area contributed by atoms with Crippen LogP contribution in [0.2, 0.25) is 0 Å². The van der Waals surface area contributed by atoms with E-state index in [9.17, 15) is 0 Å². The van der Waals surface area contributed by atoms with Crippen molar-refractivity contribution in [2.45, 2.75) is 19.8 Å². The van der Waals surface area contributed by atoms with Crippen LogP contribution in [-0.4, -0.2) is 11.4 Å². The minimum Gasteiger partial charge on any atom is -0.411 e. The summed E-state index contributed by atoms with van der Waals surface area (Å²) in [6.45, 7) is 1.98. The molecule has 3 unspecified atom stereocenters. The van der Waals surface area contributed by atoms with E-state index in [1.54, 1.807) is 0 Å². The average molecular weight is 177 g/mol. The third kappa shape index (κ3) is 1.67. The van der Waals surface area contributed by atoms with Gasteiger partial charge in [0.05, 0.1) is 6.21 Å². The molecule has 0 aromatic carbocycles. The summed E-state index contributed by atoms with van der Waals surface area (Å²) in [5, 5.41) is 11.4. The fourth-order valence-corrected chi connectivity index (χ4v) is 2.49. The summed E-state index contributed by atoms with van der Waals surface area (Å²) in [6, 6.07) is 0. The maximum Gasteiger partial charge on any atom is 0.0687 e. The van der Waals surface area contributed by atoms with E-state index in [2.05, 4.69) is 23.4 Å². The largest absolute Gasteiger partial charge is 0.411 e. The molecule has 1 saturated carbocycles. The molecule has 0 amide bonds. The zero-order valence-corrected chi connectivity index (χ0v) is 7.85. The number of fused-ring (bicyclic) bond motifs is 2. The molecule has 0 aliphatic heterocycles. The second-order valence-electron chi connectivity index (χ2n) is 4.10. The van der Waals surface area contributed by atoms with Gasteiger partial charge < -0.3 is 5.21 Å². The Bertz CT molecular complexity index is 278. The van der Waals surface area contributed by atoms with E-state index in [1.165, 1.54) is 19.1 Å². The van der Waals surface area contributed by atoms with Crippen molar-refractivity contribution in [3.05, 3.63) is 23.8 Å². The summed E-state index contributed by atoms with van der Waals surface area (Å²) >= 11 is 0. The molecule has 3 atom stereocenters. The molecule has 0 saturated heterocycles. The third-order valence-electron chi connectivity index (χ3n) is 3.07. The van der Waals surface area contributed by atoms with Gasteiger partial charge in [-0.25, -0.2) is 0 Å². The van der Waals surface area contributed by atoms with Crippen molar-refractivity contribution in [1.29, 1.82) is 0 Å². The number of allylic oxidation sites excluding steroid dienone is 4. The van der Waals surface area contributed by atoms with Gasteiger partial charge in [0, 0.05) is 0 Å². The number of hydrogen-bond donors (Lipinski definition) is 1. The van der Waals surface area contributed by atoms with Crippen LogP contribution in [0.25, 0.3) is 0 Å². The Morgan fingerprint density at radius 2 is 2.31 bits per heavy atom. The summed E-state index contributed by atoms with van der Waals surface area (Å²) in [7, 11) is 0. The Morgan fingerprint density at radius 1 is 1.46 bits per heavy atom. The molecular weight excluding hydrogens is 162 g/mol. The molecule has 0 heterocycles. The Labute approximate surface area is 78.6 Å². The molecule has 2 heteroatoms. The molecular formula is C11H15NO. The predicted molar refractivity (Wildman–Crippen MR) is 52.9 cm³/mol. The van der Waals surface area contributed by atoms with Crippen molar-refractivity contribution in [1.82, 2.24) is 0 Å². The second kappa shape index (κ2) is 3.36. The predicted octanol–water partition coefficient (Wildman–Crippen LogP) is 2.60. The van der Waals surface area contributed by atoms with E-state index in [-0.39, 0.29) is 0 Å². The van der Waals surface area contributed by atoms with Crippen molar-refractivity contribution >= 4 is 6.21 Å². The number of rotatable bonds is 2. The van der Waals surface area contributed by atoms with E-state index < -0.39 is 0 Å².